The van der Waals surface area contributed by atoms with Gasteiger partial charge in [-0.25, -0.2) is 8.42 Å². The zero-order valence-electron chi connectivity index (χ0n) is 15.4. The lowest BCUT2D eigenvalue weighted by Gasteiger charge is -2.25. The summed E-state index contributed by atoms with van der Waals surface area (Å²) >= 11 is 1.09. The fourth-order valence-electron chi connectivity index (χ4n) is 2.68. The molecular weight excluding hydrogens is 400 g/mol. The number of rotatable bonds is 8. The van der Waals surface area contributed by atoms with E-state index in [1.807, 2.05) is 0 Å². The summed E-state index contributed by atoms with van der Waals surface area (Å²) in [6.45, 7) is 1.36. The molecule has 1 aromatic carbocycles. The van der Waals surface area contributed by atoms with Crippen LogP contribution in [0.4, 0.5) is 5.69 Å². The Bertz CT molecular complexity index is 1010. The number of thiophene rings is 1. The molecule has 0 saturated carbocycles. The monoisotopic (exact) mass is 420 g/mol. The van der Waals surface area contributed by atoms with Gasteiger partial charge in [0, 0.05) is 0 Å². The van der Waals surface area contributed by atoms with E-state index in [9.17, 15) is 13.2 Å². The largest absolute Gasteiger partial charge is 0.495 e. The van der Waals surface area contributed by atoms with Crippen LogP contribution in [0.3, 0.4) is 0 Å². The Morgan fingerprint density at radius 3 is 2.64 bits per heavy atom. The van der Waals surface area contributed by atoms with E-state index in [0.29, 0.717) is 17.2 Å². The van der Waals surface area contributed by atoms with Gasteiger partial charge in [-0.3, -0.25) is 9.10 Å². The molecule has 0 aliphatic carbocycles. The van der Waals surface area contributed by atoms with E-state index in [1.165, 1.54) is 19.4 Å². The van der Waals surface area contributed by atoms with Crippen molar-refractivity contribution < 1.29 is 22.4 Å². The van der Waals surface area contributed by atoms with E-state index in [4.69, 9.17) is 9.15 Å². The summed E-state index contributed by atoms with van der Waals surface area (Å²) in [4.78, 5) is 12.7. The Morgan fingerprint density at radius 2 is 2.00 bits per heavy atom. The fourth-order valence-corrected chi connectivity index (χ4v) is 5.22. The summed E-state index contributed by atoms with van der Waals surface area (Å²) < 4.78 is 38.2. The molecule has 0 spiro atoms. The van der Waals surface area contributed by atoms with Gasteiger partial charge in [0.15, 0.2) is 0 Å². The van der Waals surface area contributed by atoms with Crippen molar-refractivity contribution in [2.24, 2.45) is 0 Å². The molecule has 2 aromatic heterocycles. The summed E-state index contributed by atoms with van der Waals surface area (Å²) in [5.74, 6) is 0.475. The Labute approximate surface area is 167 Å². The third-order valence-corrected chi connectivity index (χ3v) is 7.16. The van der Waals surface area contributed by atoms with Crippen LogP contribution >= 0.6 is 11.3 Å². The van der Waals surface area contributed by atoms with Crippen LogP contribution in [0.5, 0.6) is 5.75 Å². The number of carbonyl (C=O) groups is 1. The molecule has 0 aliphatic rings. The van der Waals surface area contributed by atoms with Crippen LogP contribution < -0.4 is 14.4 Å². The average Bonchev–Trinajstić information content (AvgIpc) is 3.40. The zero-order chi connectivity index (χ0) is 20.1. The van der Waals surface area contributed by atoms with Crippen molar-refractivity contribution in [1.82, 2.24) is 5.32 Å². The standard InChI is InChI=1S/C19H20N2O5S2/c1-14(16-9-5-11-26-16)20-18(22)13-21(15-7-3-4-8-17(15)25-2)28(23,24)19-10-6-12-27-19/h3-12,14H,13H2,1-2H3,(H,20,22). The third-order valence-electron chi connectivity index (χ3n) is 4.03. The van der Waals surface area contributed by atoms with Crippen molar-refractivity contribution in [1.29, 1.82) is 0 Å². The fraction of sp³-hybridized carbons (Fsp3) is 0.211. The Morgan fingerprint density at radius 1 is 1.21 bits per heavy atom. The van der Waals surface area contributed by atoms with Crippen LogP contribution in [-0.2, 0) is 14.8 Å². The number of benzene rings is 1. The van der Waals surface area contributed by atoms with Crippen molar-refractivity contribution in [3.8, 4) is 5.75 Å². The van der Waals surface area contributed by atoms with Gasteiger partial charge in [-0.15, -0.1) is 11.3 Å². The summed E-state index contributed by atoms with van der Waals surface area (Å²) in [7, 11) is -2.49. The number of anilines is 1. The number of nitrogens with one attached hydrogen (secondary N) is 1. The second-order valence-electron chi connectivity index (χ2n) is 5.92. The molecule has 2 heterocycles. The average molecular weight is 421 g/mol. The number of hydrogen-bond donors (Lipinski definition) is 1. The Hall–Kier alpha value is -2.78. The topological polar surface area (TPSA) is 88.8 Å². The highest BCUT2D eigenvalue weighted by atomic mass is 32.2. The van der Waals surface area contributed by atoms with E-state index in [-0.39, 0.29) is 4.21 Å². The minimum atomic E-state index is -3.94. The van der Waals surface area contributed by atoms with E-state index >= 15 is 0 Å². The Kier molecular flexibility index (Phi) is 6.05. The van der Waals surface area contributed by atoms with Gasteiger partial charge in [0.25, 0.3) is 10.0 Å². The summed E-state index contributed by atoms with van der Waals surface area (Å²) in [6, 6.07) is 12.9. The van der Waals surface area contributed by atoms with Gasteiger partial charge in [0.2, 0.25) is 5.91 Å². The van der Waals surface area contributed by atoms with Gasteiger partial charge in [-0.1, -0.05) is 18.2 Å². The Balaban J connectivity index is 1.92. The predicted octanol–water partition coefficient (Wildman–Crippen LogP) is 3.42. The summed E-state index contributed by atoms with van der Waals surface area (Å²) in [5.41, 5.74) is 0.291. The molecule has 28 heavy (non-hydrogen) atoms. The summed E-state index contributed by atoms with van der Waals surface area (Å²) in [5, 5.41) is 4.43. The van der Waals surface area contributed by atoms with E-state index in [1.54, 1.807) is 54.8 Å². The minimum Gasteiger partial charge on any atom is -0.495 e. The van der Waals surface area contributed by atoms with Crippen molar-refractivity contribution in [3.63, 3.8) is 0 Å². The molecule has 0 bridgehead atoms. The smallest absolute Gasteiger partial charge is 0.274 e. The first kappa shape index (κ1) is 20.0. The SMILES string of the molecule is COc1ccccc1N(CC(=O)NC(C)c1ccco1)S(=O)(=O)c1cccs1. The van der Waals surface area contributed by atoms with E-state index < -0.39 is 28.5 Å². The lowest BCUT2D eigenvalue weighted by atomic mass is 10.2. The maximum atomic E-state index is 13.2. The number of hydrogen-bond acceptors (Lipinski definition) is 6. The van der Waals surface area contributed by atoms with Gasteiger partial charge in [0.1, 0.15) is 22.3 Å². The second-order valence-corrected chi connectivity index (χ2v) is 8.96. The minimum absolute atomic E-state index is 0.144. The number of para-hydroxylation sites is 2. The quantitative estimate of drug-likeness (QED) is 0.603. The number of amides is 1. The van der Waals surface area contributed by atoms with E-state index in [0.717, 1.165) is 15.6 Å². The molecule has 0 fully saturated rings. The number of ether oxygens (including phenoxy) is 1. The first-order valence-corrected chi connectivity index (χ1v) is 10.8. The maximum absolute atomic E-state index is 13.2. The molecule has 1 unspecified atom stereocenters. The lowest BCUT2D eigenvalue weighted by molar-refractivity contribution is -0.120. The molecule has 9 heteroatoms. The molecule has 3 rings (SSSR count). The van der Waals surface area contributed by atoms with Crippen molar-refractivity contribution >= 4 is 33.0 Å². The molecular formula is C19H20N2O5S2. The van der Waals surface area contributed by atoms with Crippen molar-refractivity contribution in [2.75, 3.05) is 18.0 Å². The maximum Gasteiger partial charge on any atom is 0.274 e. The second kappa shape index (κ2) is 8.49. The van der Waals surface area contributed by atoms with Crippen LogP contribution in [0.15, 0.2) is 68.8 Å². The highest BCUT2D eigenvalue weighted by molar-refractivity contribution is 7.94. The molecule has 1 amide bonds. The van der Waals surface area contributed by atoms with Crippen LogP contribution in [0.25, 0.3) is 0 Å². The first-order chi connectivity index (χ1) is 13.4. The van der Waals surface area contributed by atoms with Gasteiger partial charge < -0.3 is 14.5 Å². The number of furan rings is 1. The molecule has 1 atom stereocenters. The summed E-state index contributed by atoms with van der Waals surface area (Å²) in [6.07, 6.45) is 1.51. The van der Waals surface area contributed by atoms with Crippen LogP contribution in [-0.4, -0.2) is 28.0 Å². The van der Waals surface area contributed by atoms with Gasteiger partial charge in [-0.05, 0) is 42.6 Å². The molecule has 7 nitrogen and oxygen atoms in total. The normalized spacial score (nSPS) is 12.4. The molecule has 1 N–H and O–H groups in total. The molecule has 0 radical (unpaired) electrons. The molecule has 3 aromatic rings. The highest BCUT2D eigenvalue weighted by Crippen LogP contribution is 2.33. The highest BCUT2D eigenvalue weighted by Gasteiger charge is 2.30. The van der Waals surface area contributed by atoms with Crippen LogP contribution in [0.1, 0.15) is 18.7 Å². The molecule has 0 aliphatic heterocycles. The zero-order valence-corrected chi connectivity index (χ0v) is 17.0. The van der Waals surface area contributed by atoms with Gasteiger partial charge in [0.05, 0.1) is 25.1 Å². The van der Waals surface area contributed by atoms with E-state index in [2.05, 4.69) is 5.32 Å². The van der Waals surface area contributed by atoms with Gasteiger partial charge in [-0.2, -0.15) is 0 Å². The van der Waals surface area contributed by atoms with Crippen molar-refractivity contribution in [3.05, 3.63) is 65.9 Å². The van der Waals surface area contributed by atoms with Crippen LogP contribution in [0, 0.1) is 0 Å². The molecule has 148 valence electrons. The first-order valence-electron chi connectivity index (χ1n) is 8.45. The van der Waals surface area contributed by atoms with Crippen LogP contribution in [0.2, 0.25) is 0 Å². The number of methoxy groups -OCH3 is 1. The number of carbonyl (C=O) groups excluding carboxylic acids is 1. The number of sulfonamides is 1. The third kappa shape index (κ3) is 4.20. The van der Waals surface area contributed by atoms with Gasteiger partial charge >= 0.3 is 0 Å². The molecule has 0 saturated heterocycles. The predicted molar refractivity (Wildman–Crippen MR) is 107 cm³/mol. The number of nitrogens with zero attached hydrogens (tertiary/aromatic N) is 1. The van der Waals surface area contributed by atoms with Crippen molar-refractivity contribution in [2.45, 2.75) is 17.2 Å². The lowest BCUT2D eigenvalue weighted by Crippen LogP contribution is -2.41.